The van der Waals surface area contributed by atoms with Crippen molar-refractivity contribution in [3.05, 3.63) is 33.8 Å². The number of nitrogens with zero attached hydrogens (tertiary/aromatic N) is 1. The summed E-state index contributed by atoms with van der Waals surface area (Å²) in [6, 6.07) is 3.49. The van der Waals surface area contributed by atoms with Gasteiger partial charge in [-0.05, 0) is 31.5 Å². The Kier molecular flexibility index (Phi) is 5.62. The van der Waals surface area contributed by atoms with E-state index in [2.05, 4.69) is 15.9 Å². The Morgan fingerprint density at radius 2 is 2.00 bits per heavy atom. The number of carbonyl (C=O) groups excluding carboxylic acids is 1. The van der Waals surface area contributed by atoms with Gasteiger partial charge in [-0.15, -0.1) is 0 Å². The second-order valence-electron chi connectivity index (χ2n) is 4.74. The first-order chi connectivity index (χ1) is 9.18. The van der Waals surface area contributed by atoms with Gasteiger partial charge < -0.3 is 4.90 Å². The van der Waals surface area contributed by atoms with Gasteiger partial charge in [-0.25, -0.2) is 0 Å². The number of amides is 1. The van der Waals surface area contributed by atoms with Crippen molar-refractivity contribution in [1.29, 1.82) is 0 Å². The maximum absolute atomic E-state index is 13.0. The zero-order valence-electron chi connectivity index (χ0n) is 11.6. The standard InChI is InChI=1S/C14H17BrF3NO/c1-4-5-9(2)19(3)13(20)11-7-6-10(15)8-12(11)14(16,17)18/h6-9H,4-5H2,1-3H3. The average molecular weight is 352 g/mol. The van der Waals surface area contributed by atoms with Gasteiger partial charge in [0.25, 0.3) is 5.91 Å². The molecule has 2 nitrogen and oxygen atoms in total. The second-order valence-corrected chi connectivity index (χ2v) is 5.66. The molecule has 0 aromatic heterocycles. The SMILES string of the molecule is CCCC(C)N(C)C(=O)c1ccc(Br)cc1C(F)(F)F. The van der Waals surface area contributed by atoms with E-state index in [1.54, 1.807) is 0 Å². The third kappa shape index (κ3) is 3.98. The van der Waals surface area contributed by atoms with Gasteiger partial charge in [0, 0.05) is 17.6 Å². The van der Waals surface area contributed by atoms with E-state index < -0.39 is 17.6 Å². The van der Waals surface area contributed by atoms with E-state index in [0.717, 1.165) is 18.9 Å². The molecule has 0 spiro atoms. The van der Waals surface area contributed by atoms with Crippen molar-refractivity contribution in [2.24, 2.45) is 0 Å². The first kappa shape index (κ1) is 17.0. The van der Waals surface area contributed by atoms with Crippen LogP contribution in [-0.2, 0) is 6.18 Å². The van der Waals surface area contributed by atoms with Crippen LogP contribution in [0.25, 0.3) is 0 Å². The van der Waals surface area contributed by atoms with Crippen LogP contribution in [-0.4, -0.2) is 23.9 Å². The van der Waals surface area contributed by atoms with Crippen LogP contribution >= 0.6 is 15.9 Å². The van der Waals surface area contributed by atoms with Crippen molar-refractivity contribution in [2.75, 3.05) is 7.05 Å². The molecule has 0 fully saturated rings. The zero-order valence-corrected chi connectivity index (χ0v) is 13.2. The largest absolute Gasteiger partial charge is 0.417 e. The lowest BCUT2D eigenvalue weighted by molar-refractivity contribution is -0.138. The molecule has 0 aliphatic rings. The van der Waals surface area contributed by atoms with E-state index >= 15 is 0 Å². The maximum Gasteiger partial charge on any atom is 0.417 e. The van der Waals surface area contributed by atoms with E-state index in [1.807, 2.05) is 13.8 Å². The summed E-state index contributed by atoms with van der Waals surface area (Å²) in [5.74, 6) is -0.606. The smallest absolute Gasteiger partial charge is 0.339 e. The molecule has 6 heteroatoms. The highest BCUT2D eigenvalue weighted by molar-refractivity contribution is 9.10. The molecule has 1 atom stereocenters. The predicted octanol–water partition coefficient (Wildman–Crippen LogP) is 4.73. The molecule has 0 aliphatic heterocycles. The van der Waals surface area contributed by atoms with Crippen molar-refractivity contribution in [1.82, 2.24) is 4.90 Å². The van der Waals surface area contributed by atoms with Crippen LogP contribution in [0.15, 0.2) is 22.7 Å². The maximum atomic E-state index is 13.0. The molecule has 0 radical (unpaired) electrons. The number of rotatable bonds is 4. The van der Waals surface area contributed by atoms with Gasteiger partial charge in [-0.1, -0.05) is 29.3 Å². The van der Waals surface area contributed by atoms with Crippen molar-refractivity contribution in [2.45, 2.75) is 38.9 Å². The third-order valence-electron chi connectivity index (χ3n) is 3.21. The van der Waals surface area contributed by atoms with Gasteiger partial charge in [-0.2, -0.15) is 13.2 Å². The minimum atomic E-state index is -4.55. The summed E-state index contributed by atoms with van der Waals surface area (Å²) in [4.78, 5) is 13.6. The molecule has 0 saturated carbocycles. The summed E-state index contributed by atoms with van der Waals surface area (Å²) in [6.45, 7) is 3.79. The van der Waals surface area contributed by atoms with Gasteiger partial charge in [0.2, 0.25) is 0 Å². The number of hydrogen-bond donors (Lipinski definition) is 0. The van der Waals surface area contributed by atoms with Crippen LogP contribution in [0.2, 0.25) is 0 Å². The molecule has 112 valence electrons. The summed E-state index contributed by atoms with van der Waals surface area (Å²) < 4.78 is 39.3. The van der Waals surface area contributed by atoms with Crippen molar-refractivity contribution in [3.8, 4) is 0 Å². The molecule has 0 N–H and O–H groups in total. The van der Waals surface area contributed by atoms with Crippen LogP contribution in [0.3, 0.4) is 0 Å². The molecule has 20 heavy (non-hydrogen) atoms. The number of hydrogen-bond acceptors (Lipinski definition) is 1. The minimum Gasteiger partial charge on any atom is -0.339 e. The summed E-state index contributed by atoms with van der Waals surface area (Å²) >= 11 is 3.00. The van der Waals surface area contributed by atoms with E-state index in [4.69, 9.17) is 0 Å². The van der Waals surface area contributed by atoms with E-state index in [0.29, 0.717) is 4.47 Å². The molecular weight excluding hydrogens is 335 g/mol. The Morgan fingerprint density at radius 3 is 2.50 bits per heavy atom. The molecule has 0 bridgehead atoms. The van der Waals surface area contributed by atoms with E-state index in [9.17, 15) is 18.0 Å². The van der Waals surface area contributed by atoms with E-state index in [-0.39, 0.29) is 11.6 Å². The minimum absolute atomic E-state index is 0.0998. The first-order valence-electron chi connectivity index (χ1n) is 6.32. The highest BCUT2D eigenvalue weighted by Gasteiger charge is 2.36. The molecule has 1 aromatic carbocycles. The average Bonchev–Trinajstić information content (AvgIpc) is 2.36. The Morgan fingerprint density at radius 1 is 1.40 bits per heavy atom. The summed E-state index contributed by atoms with van der Waals surface area (Å²) in [5, 5.41) is 0. The molecule has 1 unspecified atom stereocenters. The zero-order chi connectivity index (χ0) is 15.5. The Hall–Kier alpha value is -1.04. The normalized spacial score (nSPS) is 13.2. The van der Waals surface area contributed by atoms with Crippen molar-refractivity contribution >= 4 is 21.8 Å². The predicted molar refractivity (Wildman–Crippen MR) is 75.6 cm³/mol. The van der Waals surface area contributed by atoms with Crippen LogP contribution in [0.5, 0.6) is 0 Å². The number of benzene rings is 1. The molecule has 1 rings (SSSR count). The summed E-state index contributed by atoms with van der Waals surface area (Å²) in [5.41, 5.74) is -1.22. The third-order valence-corrected chi connectivity index (χ3v) is 3.70. The fraction of sp³-hybridized carbons (Fsp3) is 0.500. The van der Waals surface area contributed by atoms with Gasteiger partial charge in [-0.3, -0.25) is 4.79 Å². The molecule has 1 aromatic rings. The fourth-order valence-electron chi connectivity index (χ4n) is 1.94. The van der Waals surface area contributed by atoms with Crippen LogP contribution in [0.4, 0.5) is 13.2 Å². The van der Waals surface area contributed by atoms with Gasteiger partial charge >= 0.3 is 6.18 Å². The molecule has 0 aliphatic carbocycles. The Balaban J connectivity index is 3.16. The topological polar surface area (TPSA) is 20.3 Å². The van der Waals surface area contributed by atoms with Gasteiger partial charge in [0.05, 0.1) is 11.1 Å². The number of alkyl halides is 3. The lowest BCUT2D eigenvalue weighted by atomic mass is 10.0. The fourth-order valence-corrected chi connectivity index (χ4v) is 2.30. The number of halogens is 4. The van der Waals surface area contributed by atoms with Gasteiger partial charge in [0.1, 0.15) is 0 Å². The highest BCUT2D eigenvalue weighted by Crippen LogP contribution is 2.34. The lowest BCUT2D eigenvalue weighted by Crippen LogP contribution is -2.36. The van der Waals surface area contributed by atoms with Crippen LogP contribution in [0.1, 0.15) is 42.6 Å². The second kappa shape index (κ2) is 6.61. The Labute approximate surface area is 125 Å². The molecular formula is C14H17BrF3NO. The Bertz CT molecular complexity index is 488. The van der Waals surface area contributed by atoms with Crippen molar-refractivity contribution < 1.29 is 18.0 Å². The van der Waals surface area contributed by atoms with Gasteiger partial charge in [0.15, 0.2) is 0 Å². The lowest BCUT2D eigenvalue weighted by Gasteiger charge is -2.26. The molecule has 0 heterocycles. The first-order valence-corrected chi connectivity index (χ1v) is 7.11. The van der Waals surface area contributed by atoms with E-state index in [1.165, 1.54) is 24.1 Å². The molecule has 1 amide bonds. The highest BCUT2D eigenvalue weighted by atomic mass is 79.9. The monoisotopic (exact) mass is 351 g/mol. The van der Waals surface area contributed by atoms with Crippen molar-refractivity contribution in [3.63, 3.8) is 0 Å². The summed E-state index contributed by atoms with van der Waals surface area (Å²) in [7, 11) is 1.53. The summed E-state index contributed by atoms with van der Waals surface area (Å²) in [6.07, 6.45) is -2.94. The molecule has 0 saturated heterocycles. The quantitative estimate of drug-likeness (QED) is 0.767. The van der Waals surface area contributed by atoms with Crippen LogP contribution in [0, 0.1) is 0 Å². The number of carbonyl (C=O) groups is 1. The van der Waals surface area contributed by atoms with Crippen LogP contribution < -0.4 is 0 Å².